The molecule has 2 unspecified atom stereocenters. The van der Waals surface area contributed by atoms with E-state index in [1.165, 1.54) is 0 Å². The highest BCUT2D eigenvalue weighted by Gasteiger charge is 2.25. The molecule has 1 aliphatic heterocycles. The van der Waals surface area contributed by atoms with E-state index >= 15 is 0 Å². The molecule has 0 aromatic rings. The number of hydrogen-bond donors (Lipinski definition) is 2. The molecule has 0 aromatic heterocycles. The summed E-state index contributed by atoms with van der Waals surface area (Å²) in [6.45, 7) is 5.14. The van der Waals surface area contributed by atoms with Crippen LogP contribution in [0, 0.1) is 0 Å². The van der Waals surface area contributed by atoms with E-state index in [1.807, 2.05) is 7.05 Å². The third kappa shape index (κ3) is 3.23. The van der Waals surface area contributed by atoms with Crippen LogP contribution in [0.3, 0.4) is 0 Å². The number of rotatable bonds is 4. The van der Waals surface area contributed by atoms with Crippen molar-refractivity contribution in [3.8, 4) is 0 Å². The first kappa shape index (κ1) is 10.9. The summed E-state index contributed by atoms with van der Waals surface area (Å²) in [7, 11) is 3.79. The molecule has 2 N–H and O–H groups in total. The van der Waals surface area contributed by atoms with Crippen LogP contribution in [-0.4, -0.2) is 50.9 Å². The Balaban J connectivity index is 2.39. The van der Waals surface area contributed by atoms with Crippen LogP contribution in [0.25, 0.3) is 0 Å². The average Bonchev–Trinajstić information content (AvgIpc) is 2.17. The molecule has 1 saturated heterocycles. The van der Waals surface area contributed by atoms with Crippen LogP contribution in [0.1, 0.15) is 13.3 Å². The number of hydrazine groups is 1. The molecule has 0 amide bonds. The molecule has 4 nitrogen and oxygen atoms in total. The van der Waals surface area contributed by atoms with Crippen molar-refractivity contribution in [3.05, 3.63) is 0 Å². The Kier molecular flexibility index (Phi) is 4.66. The van der Waals surface area contributed by atoms with Gasteiger partial charge in [0.15, 0.2) is 0 Å². The largest absolute Gasteiger partial charge is 0.380 e. The molecule has 1 fully saturated rings. The predicted octanol–water partition coefficient (Wildman–Crippen LogP) is -0.180. The SMILES string of the molecule is CCNN1CC(NC)CC(OC)C1. The normalized spacial score (nSPS) is 30.7. The monoisotopic (exact) mass is 187 g/mol. The highest BCUT2D eigenvalue weighted by atomic mass is 16.5. The van der Waals surface area contributed by atoms with E-state index in [9.17, 15) is 0 Å². The Hall–Kier alpha value is -0.160. The zero-order valence-electron chi connectivity index (χ0n) is 8.84. The van der Waals surface area contributed by atoms with Gasteiger partial charge in [-0.3, -0.25) is 5.43 Å². The summed E-state index contributed by atoms with van der Waals surface area (Å²) in [5, 5.41) is 5.53. The fraction of sp³-hybridized carbons (Fsp3) is 1.00. The molecule has 2 atom stereocenters. The first-order valence-corrected chi connectivity index (χ1v) is 4.98. The summed E-state index contributed by atoms with van der Waals surface area (Å²) in [5.74, 6) is 0. The van der Waals surface area contributed by atoms with Crippen molar-refractivity contribution in [2.75, 3.05) is 33.8 Å². The molecule has 0 radical (unpaired) electrons. The standard InChI is InChI=1S/C9H21N3O/c1-4-11-12-6-8(10-2)5-9(7-12)13-3/h8-11H,4-7H2,1-3H3. The van der Waals surface area contributed by atoms with Crippen LogP contribution >= 0.6 is 0 Å². The molecule has 78 valence electrons. The molecule has 13 heavy (non-hydrogen) atoms. The lowest BCUT2D eigenvalue weighted by Crippen LogP contribution is -2.55. The summed E-state index contributed by atoms with van der Waals surface area (Å²) in [6.07, 6.45) is 1.46. The van der Waals surface area contributed by atoms with Crippen molar-refractivity contribution >= 4 is 0 Å². The maximum absolute atomic E-state index is 5.38. The van der Waals surface area contributed by atoms with Gasteiger partial charge in [-0.2, -0.15) is 0 Å². The van der Waals surface area contributed by atoms with E-state index in [-0.39, 0.29) is 0 Å². The Labute approximate surface area is 80.6 Å². The number of hydrogen-bond acceptors (Lipinski definition) is 4. The number of ether oxygens (including phenoxy) is 1. The highest BCUT2D eigenvalue weighted by Crippen LogP contribution is 2.10. The van der Waals surface area contributed by atoms with E-state index in [4.69, 9.17) is 4.74 Å². The van der Waals surface area contributed by atoms with Crippen LogP contribution in [-0.2, 0) is 4.74 Å². The van der Waals surface area contributed by atoms with E-state index in [0.717, 1.165) is 26.1 Å². The van der Waals surface area contributed by atoms with Crippen molar-refractivity contribution in [2.24, 2.45) is 0 Å². The van der Waals surface area contributed by atoms with Crippen molar-refractivity contribution in [3.63, 3.8) is 0 Å². The van der Waals surface area contributed by atoms with Crippen molar-refractivity contribution < 1.29 is 4.74 Å². The molecule has 0 bridgehead atoms. The maximum Gasteiger partial charge on any atom is 0.0727 e. The number of piperidine rings is 1. The Morgan fingerprint density at radius 1 is 1.46 bits per heavy atom. The van der Waals surface area contributed by atoms with E-state index < -0.39 is 0 Å². The predicted molar refractivity (Wildman–Crippen MR) is 53.5 cm³/mol. The van der Waals surface area contributed by atoms with Gasteiger partial charge in [-0.15, -0.1) is 0 Å². The second-order valence-electron chi connectivity index (χ2n) is 3.50. The molecule has 0 saturated carbocycles. The Bertz CT molecular complexity index is 131. The van der Waals surface area contributed by atoms with Gasteiger partial charge in [-0.05, 0) is 13.5 Å². The Morgan fingerprint density at radius 2 is 2.23 bits per heavy atom. The summed E-state index contributed by atoms with van der Waals surface area (Å²) >= 11 is 0. The lowest BCUT2D eigenvalue weighted by Gasteiger charge is -2.36. The minimum atomic E-state index is 0.352. The Morgan fingerprint density at radius 3 is 2.77 bits per heavy atom. The zero-order chi connectivity index (χ0) is 9.68. The lowest BCUT2D eigenvalue weighted by atomic mass is 10.0. The van der Waals surface area contributed by atoms with Gasteiger partial charge in [-0.25, -0.2) is 5.01 Å². The van der Waals surface area contributed by atoms with Gasteiger partial charge in [0.1, 0.15) is 0 Å². The quantitative estimate of drug-likeness (QED) is 0.640. The van der Waals surface area contributed by atoms with Crippen LogP contribution in [0.4, 0.5) is 0 Å². The van der Waals surface area contributed by atoms with Gasteiger partial charge < -0.3 is 10.1 Å². The van der Waals surface area contributed by atoms with Gasteiger partial charge in [0, 0.05) is 32.8 Å². The minimum absolute atomic E-state index is 0.352. The summed E-state index contributed by atoms with van der Waals surface area (Å²) in [4.78, 5) is 0. The smallest absolute Gasteiger partial charge is 0.0727 e. The summed E-state index contributed by atoms with van der Waals surface area (Å²) in [6, 6.07) is 0.540. The third-order valence-corrected chi connectivity index (χ3v) is 2.54. The van der Waals surface area contributed by atoms with E-state index in [2.05, 4.69) is 22.7 Å². The van der Waals surface area contributed by atoms with Gasteiger partial charge in [0.2, 0.25) is 0 Å². The van der Waals surface area contributed by atoms with Gasteiger partial charge in [-0.1, -0.05) is 6.92 Å². The molecule has 1 rings (SSSR count). The number of methoxy groups -OCH3 is 1. The number of nitrogens with zero attached hydrogens (tertiary/aromatic N) is 1. The van der Waals surface area contributed by atoms with E-state index in [1.54, 1.807) is 7.11 Å². The molecule has 1 heterocycles. The summed E-state index contributed by atoms with van der Waals surface area (Å²) < 4.78 is 5.38. The van der Waals surface area contributed by atoms with Crippen LogP contribution in [0.15, 0.2) is 0 Å². The zero-order valence-corrected chi connectivity index (χ0v) is 8.84. The third-order valence-electron chi connectivity index (χ3n) is 2.54. The van der Waals surface area contributed by atoms with Gasteiger partial charge in [0.25, 0.3) is 0 Å². The molecule has 4 heteroatoms. The second kappa shape index (κ2) is 5.54. The van der Waals surface area contributed by atoms with E-state index in [0.29, 0.717) is 12.1 Å². The first-order chi connectivity index (χ1) is 6.30. The molecule has 0 aliphatic carbocycles. The molecule has 0 spiro atoms. The number of likely N-dealkylation sites (N-methyl/N-ethyl adjacent to an activating group) is 1. The highest BCUT2D eigenvalue weighted by molar-refractivity contribution is 4.81. The fourth-order valence-corrected chi connectivity index (χ4v) is 1.79. The summed E-state index contributed by atoms with van der Waals surface area (Å²) in [5.41, 5.74) is 3.33. The van der Waals surface area contributed by atoms with Crippen molar-refractivity contribution in [1.29, 1.82) is 0 Å². The molecular formula is C9H21N3O. The number of nitrogens with one attached hydrogen (secondary N) is 2. The van der Waals surface area contributed by atoms with Crippen LogP contribution in [0.5, 0.6) is 0 Å². The fourth-order valence-electron chi connectivity index (χ4n) is 1.79. The molecular weight excluding hydrogens is 166 g/mol. The minimum Gasteiger partial charge on any atom is -0.380 e. The van der Waals surface area contributed by atoms with Crippen LogP contribution < -0.4 is 10.7 Å². The lowest BCUT2D eigenvalue weighted by molar-refractivity contribution is -0.00122. The van der Waals surface area contributed by atoms with Crippen LogP contribution in [0.2, 0.25) is 0 Å². The van der Waals surface area contributed by atoms with Gasteiger partial charge in [0.05, 0.1) is 6.10 Å². The first-order valence-electron chi connectivity index (χ1n) is 4.98. The molecule has 1 aliphatic rings. The maximum atomic E-state index is 5.38. The second-order valence-corrected chi connectivity index (χ2v) is 3.50. The molecule has 0 aromatic carbocycles. The van der Waals surface area contributed by atoms with Crippen molar-refractivity contribution in [2.45, 2.75) is 25.5 Å². The topological polar surface area (TPSA) is 36.5 Å². The average molecular weight is 187 g/mol. The van der Waals surface area contributed by atoms with Gasteiger partial charge >= 0.3 is 0 Å². The van der Waals surface area contributed by atoms with Crippen molar-refractivity contribution in [1.82, 2.24) is 15.8 Å².